The monoisotopic (exact) mass is 462 g/mol. The Morgan fingerprint density at radius 2 is 1.52 bits per heavy atom. The van der Waals surface area contributed by atoms with Gasteiger partial charge in [-0.15, -0.1) is 0 Å². The van der Waals surface area contributed by atoms with Crippen molar-refractivity contribution in [3.8, 4) is 0 Å². The van der Waals surface area contributed by atoms with Crippen molar-refractivity contribution in [1.82, 2.24) is 9.62 Å². The molecule has 3 aromatic rings. The van der Waals surface area contributed by atoms with Crippen LogP contribution < -0.4 is 4.72 Å². The van der Waals surface area contributed by atoms with E-state index < -0.39 is 10.0 Å². The van der Waals surface area contributed by atoms with Gasteiger partial charge in [-0.05, 0) is 48.9 Å². The molecule has 0 aliphatic carbocycles. The van der Waals surface area contributed by atoms with Crippen molar-refractivity contribution in [3.63, 3.8) is 0 Å². The molecule has 0 saturated carbocycles. The van der Waals surface area contributed by atoms with Crippen LogP contribution in [-0.4, -0.2) is 38.9 Å². The predicted molar refractivity (Wildman–Crippen MR) is 130 cm³/mol. The summed E-state index contributed by atoms with van der Waals surface area (Å²) < 4.78 is 28.1. The van der Waals surface area contributed by atoms with E-state index >= 15 is 0 Å². The molecule has 1 fully saturated rings. The van der Waals surface area contributed by atoms with E-state index in [0.717, 1.165) is 29.5 Å². The highest BCUT2D eigenvalue weighted by atomic mass is 32.2. The summed E-state index contributed by atoms with van der Waals surface area (Å²) in [5.74, 6) is -0.219. The number of sulfonamides is 1. The Kier molecular flexibility index (Phi) is 7.26. The number of piperidine rings is 1. The number of carbonyl (C=O) groups excluding carboxylic acids is 1. The molecule has 5 nitrogen and oxygen atoms in total. The van der Waals surface area contributed by atoms with Gasteiger partial charge >= 0.3 is 0 Å². The van der Waals surface area contributed by atoms with Crippen LogP contribution in [0.4, 0.5) is 0 Å². The molecule has 1 saturated heterocycles. The Morgan fingerprint density at radius 1 is 0.939 bits per heavy atom. The molecule has 1 atom stereocenters. The molecule has 0 radical (unpaired) electrons. The van der Waals surface area contributed by atoms with E-state index in [1.54, 1.807) is 24.3 Å². The van der Waals surface area contributed by atoms with Gasteiger partial charge < -0.3 is 4.90 Å². The topological polar surface area (TPSA) is 66.5 Å². The first-order valence-corrected chi connectivity index (χ1v) is 12.9. The lowest BCUT2D eigenvalue weighted by Crippen LogP contribution is -2.45. The quantitative estimate of drug-likeness (QED) is 0.568. The summed E-state index contributed by atoms with van der Waals surface area (Å²) in [4.78, 5) is 15.9. The number of likely N-dealkylation sites (tertiary alicyclic amines) is 1. The van der Waals surface area contributed by atoms with E-state index in [1.165, 1.54) is 0 Å². The molecule has 0 spiro atoms. The molecular formula is C27H30N2O3S. The molecule has 1 heterocycles. The van der Waals surface area contributed by atoms with Crippen LogP contribution in [0.5, 0.6) is 0 Å². The zero-order valence-corrected chi connectivity index (χ0v) is 19.7. The molecule has 1 aliphatic heterocycles. The smallest absolute Gasteiger partial charge is 0.240 e. The lowest BCUT2D eigenvalue weighted by molar-refractivity contribution is -0.133. The Hall–Kier alpha value is -2.96. The number of aryl methyl sites for hydroxylation is 1. The van der Waals surface area contributed by atoms with Crippen molar-refractivity contribution in [1.29, 1.82) is 0 Å². The van der Waals surface area contributed by atoms with E-state index in [0.29, 0.717) is 19.6 Å². The van der Waals surface area contributed by atoms with Crippen molar-refractivity contribution < 1.29 is 13.2 Å². The fourth-order valence-corrected chi connectivity index (χ4v) is 5.53. The molecule has 1 unspecified atom stereocenters. The van der Waals surface area contributed by atoms with Crippen molar-refractivity contribution in [2.24, 2.45) is 5.92 Å². The zero-order chi connectivity index (χ0) is 23.3. The van der Waals surface area contributed by atoms with E-state index in [-0.39, 0.29) is 22.6 Å². The van der Waals surface area contributed by atoms with Gasteiger partial charge in [0.1, 0.15) is 0 Å². The maximum atomic E-state index is 13.7. The molecule has 0 bridgehead atoms. The summed E-state index contributed by atoms with van der Waals surface area (Å²) in [6.45, 7) is 3.48. The number of benzene rings is 3. The summed E-state index contributed by atoms with van der Waals surface area (Å²) in [6, 6.07) is 26.5. The molecule has 1 N–H and O–H groups in total. The SMILES string of the molecule is Cc1ccc(S(=O)(=O)NCC2CCCN(C(=O)C(c3ccccc3)c3ccccc3)C2)cc1. The predicted octanol–water partition coefficient (Wildman–Crippen LogP) is 4.34. The summed E-state index contributed by atoms with van der Waals surface area (Å²) in [6.07, 6.45) is 1.75. The fourth-order valence-electron chi connectivity index (χ4n) is 4.41. The first-order chi connectivity index (χ1) is 15.9. The Morgan fingerprint density at radius 3 is 2.09 bits per heavy atom. The Labute approximate surface area is 196 Å². The standard InChI is InChI=1S/C27H30N2O3S/c1-21-14-16-25(17-15-21)33(31,32)28-19-22-9-8-18-29(20-22)27(30)26(23-10-4-2-5-11-23)24-12-6-3-7-13-24/h2-7,10-17,22,26,28H,8-9,18-20H2,1H3. The van der Waals surface area contributed by atoms with Gasteiger partial charge in [-0.1, -0.05) is 78.4 Å². The van der Waals surface area contributed by atoms with E-state index in [4.69, 9.17) is 0 Å². The van der Waals surface area contributed by atoms with Crippen LogP contribution in [0.25, 0.3) is 0 Å². The number of rotatable bonds is 7. The molecule has 33 heavy (non-hydrogen) atoms. The van der Waals surface area contributed by atoms with Crippen LogP contribution in [0.15, 0.2) is 89.8 Å². The summed E-state index contributed by atoms with van der Waals surface area (Å²) in [5.41, 5.74) is 2.95. The summed E-state index contributed by atoms with van der Waals surface area (Å²) in [7, 11) is -3.57. The van der Waals surface area contributed by atoms with Gasteiger partial charge in [0.25, 0.3) is 0 Å². The largest absolute Gasteiger partial charge is 0.342 e. The van der Waals surface area contributed by atoms with Crippen LogP contribution in [0.2, 0.25) is 0 Å². The third-order valence-corrected chi connectivity index (χ3v) is 7.68. The normalized spacial score (nSPS) is 16.7. The number of nitrogens with one attached hydrogen (secondary N) is 1. The van der Waals surface area contributed by atoms with Crippen molar-refractivity contribution in [3.05, 3.63) is 102 Å². The average molecular weight is 463 g/mol. The number of amides is 1. The van der Waals surface area contributed by atoms with E-state index in [2.05, 4.69) is 4.72 Å². The minimum Gasteiger partial charge on any atom is -0.342 e. The van der Waals surface area contributed by atoms with Crippen LogP contribution in [-0.2, 0) is 14.8 Å². The molecule has 4 rings (SSSR count). The number of hydrogen-bond acceptors (Lipinski definition) is 3. The lowest BCUT2D eigenvalue weighted by Gasteiger charge is -2.35. The summed E-state index contributed by atoms with van der Waals surface area (Å²) in [5, 5.41) is 0. The second-order valence-corrected chi connectivity index (χ2v) is 10.5. The highest BCUT2D eigenvalue weighted by molar-refractivity contribution is 7.89. The third-order valence-electron chi connectivity index (χ3n) is 6.24. The minimum atomic E-state index is -3.57. The molecule has 3 aromatic carbocycles. The summed E-state index contributed by atoms with van der Waals surface area (Å²) >= 11 is 0. The highest BCUT2D eigenvalue weighted by Crippen LogP contribution is 2.29. The van der Waals surface area contributed by atoms with Crippen molar-refractivity contribution in [2.45, 2.75) is 30.6 Å². The van der Waals surface area contributed by atoms with Crippen LogP contribution in [0.1, 0.15) is 35.4 Å². The van der Waals surface area contributed by atoms with Crippen molar-refractivity contribution in [2.75, 3.05) is 19.6 Å². The second kappa shape index (κ2) is 10.3. The molecular weight excluding hydrogens is 432 g/mol. The van der Waals surface area contributed by atoms with E-state index in [9.17, 15) is 13.2 Å². The van der Waals surface area contributed by atoms with Gasteiger partial charge in [-0.25, -0.2) is 13.1 Å². The second-order valence-electron chi connectivity index (χ2n) is 8.71. The van der Waals surface area contributed by atoms with Crippen LogP contribution in [0, 0.1) is 12.8 Å². The van der Waals surface area contributed by atoms with Crippen LogP contribution >= 0.6 is 0 Å². The number of nitrogens with zero attached hydrogens (tertiary/aromatic N) is 1. The molecule has 1 aliphatic rings. The fraction of sp³-hybridized carbons (Fsp3) is 0.296. The Bertz CT molecular complexity index is 1120. The average Bonchev–Trinajstić information content (AvgIpc) is 2.85. The molecule has 0 aromatic heterocycles. The Balaban J connectivity index is 1.46. The molecule has 172 valence electrons. The molecule has 1 amide bonds. The maximum Gasteiger partial charge on any atom is 0.240 e. The third kappa shape index (κ3) is 5.70. The van der Waals surface area contributed by atoms with Crippen molar-refractivity contribution >= 4 is 15.9 Å². The first-order valence-electron chi connectivity index (χ1n) is 11.4. The number of carbonyl (C=O) groups is 1. The number of hydrogen-bond donors (Lipinski definition) is 1. The molecule has 6 heteroatoms. The van der Waals surface area contributed by atoms with Gasteiger partial charge in [0.15, 0.2) is 0 Å². The van der Waals surface area contributed by atoms with Gasteiger partial charge in [0, 0.05) is 19.6 Å². The zero-order valence-electron chi connectivity index (χ0n) is 18.9. The highest BCUT2D eigenvalue weighted by Gasteiger charge is 2.31. The lowest BCUT2D eigenvalue weighted by atomic mass is 9.88. The van der Waals surface area contributed by atoms with Gasteiger partial charge in [0.2, 0.25) is 15.9 Å². The van der Waals surface area contributed by atoms with Gasteiger partial charge in [-0.2, -0.15) is 0 Å². The van der Waals surface area contributed by atoms with Crippen LogP contribution in [0.3, 0.4) is 0 Å². The minimum absolute atomic E-state index is 0.0680. The maximum absolute atomic E-state index is 13.7. The first kappa shape index (κ1) is 23.2. The van der Waals surface area contributed by atoms with E-state index in [1.807, 2.05) is 72.5 Å². The van der Waals surface area contributed by atoms with Gasteiger partial charge in [-0.3, -0.25) is 4.79 Å². The van der Waals surface area contributed by atoms with Gasteiger partial charge in [0.05, 0.1) is 10.8 Å².